The molecule has 0 aliphatic heterocycles. The lowest BCUT2D eigenvalue weighted by atomic mass is 9.87. The largest absolute Gasteiger partial charge is 0.449 e. The van der Waals surface area contributed by atoms with Crippen LogP contribution in [0.15, 0.2) is 0 Å². The van der Waals surface area contributed by atoms with Crippen molar-refractivity contribution in [1.29, 1.82) is 0 Å². The summed E-state index contributed by atoms with van der Waals surface area (Å²) in [4.78, 5) is 11.2. The van der Waals surface area contributed by atoms with Gasteiger partial charge in [0.15, 0.2) is 6.07 Å². The van der Waals surface area contributed by atoms with Gasteiger partial charge < -0.3 is 9.47 Å². The molecule has 1 rings (SSSR count). The molecule has 0 aromatic rings. The second kappa shape index (κ2) is 5.45. The number of ether oxygens (including phenoxy) is 2. The zero-order valence-electron chi connectivity index (χ0n) is 7.79. The topological polar surface area (TPSA) is 35.5 Å². The van der Waals surface area contributed by atoms with Crippen LogP contribution in [0.4, 0.5) is 0 Å². The van der Waals surface area contributed by atoms with Crippen LogP contribution in [0.2, 0.25) is 0 Å². The van der Waals surface area contributed by atoms with Crippen molar-refractivity contribution in [3.8, 4) is 0 Å². The Balaban J connectivity index is 2.28. The van der Waals surface area contributed by atoms with Crippen LogP contribution in [-0.4, -0.2) is 25.2 Å². The lowest BCUT2D eigenvalue weighted by Crippen LogP contribution is -2.26. The summed E-state index contributed by atoms with van der Waals surface area (Å²) < 4.78 is 9.94. The molecule has 0 bridgehead atoms. The summed E-state index contributed by atoms with van der Waals surface area (Å²) in [6.07, 6.45) is 3.92. The monoisotopic (exact) mass is 206 g/mol. The van der Waals surface area contributed by atoms with Crippen LogP contribution < -0.4 is 0 Å². The van der Waals surface area contributed by atoms with Crippen molar-refractivity contribution in [2.45, 2.75) is 31.8 Å². The highest BCUT2D eigenvalue weighted by Gasteiger charge is 2.26. The van der Waals surface area contributed by atoms with Crippen molar-refractivity contribution in [3.05, 3.63) is 0 Å². The van der Waals surface area contributed by atoms with E-state index in [1.807, 2.05) is 0 Å². The van der Waals surface area contributed by atoms with E-state index >= 15 is 0 Å². The predicted octanol–water partition coefficient (Wildman–Crippen LogP) is 1.93. The van der Waals surface area contributed by atoms with E-state index in [-0.39, 0.29) is 18.0 Å². The first-order valence-corrected chi connectivity index (χ1v) is 5.06. The maximum Gasteiger partial charge on any atom is 0.310 e. The fourth-order valence-corrected chi connectivity index (χ4v) is 1.81. The van der Waals surface area contributed by atoms with Gasteiger partial charge in [-0.25, -0.2) is 0 Å². The predicted molar refractivity (Wildman–Crippen MR) is 49.6 cm³/mol. The van der Waals surface area contributed by atoms with Crippen molar-refractivity contribution in [1.82, 2.24) is 0 Å². The van der Waals surface area contributed by atoms with Crippen molar-refractivity contribution >= 4 is 17.6 Å². The lowest BCUT2D eigenvalue weighted by Gasteiger charge is -2.25. The van der Waals surface area contributed by atoms with Crippen LogP contribution in [-0.2, 0) is 14.3 Å². The molecule has 0 spiro atoms. The molecule has 0 aromatic carbocycles. The fraction of sp³-hybridized carbons (Fsp3) is 0.889. The highest BCUT2D eigenvalue weighted by Crippen LogP contribution is 2.26. The summed E-state index contributed by atoms with van der Waals surface area (Å²) in [5.41, 5.74) is 0. The summed E-state index contributed by atoms with van der Waals surface area (Å²) in [6.45, 7) is 0. The summed E-state index contributed by atoms with van der Waals surface area (Å²) in [5, 5.41) is 0. The number of methoxy groups -OCH3 is 1. The number of alkyl halides is 1. The van der Waals surface area contributed by atoms with Crippen LogP contribution in [0.25, 0.3) is 0 Å². The summed E-state index contributed by atoms with van der Waals surface area (Å²) in [7, 11) is 1.71. The Labute approximate surface area is 83.3 Å². The van der Waals surface area contributed by atoms with Crippen molar-refractivity contribution < 1.29 is 14.3 Å². The van der Waals surface area contributed by atoms with Gasteiger partial charge in [-0.1, -0.05) is 11.6 Å². The third-order valence-electron chi connectivity index (χ3n) is 2.54. The van der Waals surface area contributed by atoms with Crippen molar-refractivity contribution in [2.75, 3.05) is 13.2 Å². The number of rotatable bonds is 3. The highest BCUT2D eigenvalue weighted by atomic mass is 35.5. The minimum Gasteiger partial charge on any atom is -0.449 e. The third kappa shape index (κ3) is 3.16. The normalized spacial score (nSPS) is 28.5. The molecule has 0 atom stereocenters. The van der Waals surface area contributed by atoms with Crippen molar-refractivity contribution in [3.63, 3.8) is 0 Å². The number of esters is 1. The molecule has 3 nitrogen and oxygen atoms in total. The van der Waals surface area contributed by atoms with Crippen LogP contribution in [0.3, 0.4) is 0 Å². The Hall–Kier alpha value is -0.280. The molecule has 0 radical (unpaired) electrons. The van der Waals surface area contributed by atoms with Gasteiger partial charge in [0.1, 0.15) is 0 Å². The molecule has 1 aliphatic carbocycles. The Morgan fingerprint density at radius 1 is 1.38 bits per heavy atom. The van der Waals surface area contributed by atoms with E-state index in [0.717, 1.165) is 25.7 Å². The van der Waals surface area contributed by atoms with Crippen LogP contribution >= 0.6 is 11.6 Å². The molecule has 4 heteroatoms. The zero-order valence-corrected chi connectivity index (χ0v) is 8.55. The van der Waals surface area contributed by atoms with Crippen LogP contribution in [0.5, 0.6) is 0 Å². The second-order valence-corrected chi connectivity index (χ2v) is 3.50. The van der Waals surface area contributed by atoms with E-state index in [1.165, 1.54) is 0 Å². The average Bonchev–Trinajstić information content (AvgIpc) is 2.18. The Morgan fingerprint density at radius 2 is 2.00 bits per heavy atom. The van der Waals surface area contributed by atoms with E-state index in [2.05, 4.69) is 0 Å². The summed E-state index contributed by atoms with van der Waals surface area (Å²) in [6, 6.07) is -0.0387. The lowest BCUT2D eigenvalue weighted by molar-refractivity contribution is -0.148. The van der Waals surface area contributed by atoms with Gasteiger partial charge in [0.05, 0.1) is 12.0 Å². The molecule has 0 N–H and O–H groups in total. The molecular weight excluding hydrogens is 192 g/mol. The molecule has 0 heterocycles. The fourth-order valence-electron chi connectivity index (χ4n) is 1.71. The molecule has 0 saturated heterocycles. The van der Waals surface area contributed by atoms with Crippen LogP contribution in [0.1, 0.15) is 25.7 Å². The molecule has 0 amide bonds. The second-order valence-electron chi connectivity index (χ2n) is 3.28. The number of hydrogen-bond acceptors (Lipinski definition) is 3. The van der Waals surface area contributed by atoms with Gasteiger partial charge in [0, 0.05) is 7.11 Å². The maximum atomic E-state index is 11.2. The first-order chi connectivity index (χ1) is 6.27. The molecular formula is C9H15ClO3. The molecule has 1 fully saturated rings. The average molecular weight is 207 g/mol. The van der Waals surface area contributed by atoms with E-state index in [0.29, 0.717) is 6.10 Å². The van der Waals surface area contributed by atoms with Gasteiger partial charge in [-0.3, -0.25) is 4.79 Å². The van der Waals surface area contributed by atoms with Gasteiger partial charge in [-0.05, 0) is 25.7 Å². The third-order valence-corrected chi connectivity index (χ3v) is 2.65. The first-order valence-electron chi connectivity index (χ1n) is 4.53. The molecule has 76 valence electrons. The Bertz CT molecular complexity index is 164. The molecule has 0 aromatic heterocycles. The van der Waals surface area contributed by atoms with E-state index < -0.39 is 0 Å². The van der Waals surface area contributed by atoms with Gasteiger partial charge >= 0.3 is 5.97 Å². The van der Waals surface area contributed by atoms with Gasteiger partial charge in [-0.2, -0.15) is 0 Å². The number of carbonyl (C=O) groups excluding carboxylic acids is 1. The van der Waals surface area contributed by atoms with E-state index in [4.69, 9.17) is 21.1 Å². The minimum atomic E-state index is -0.162. The first kappa shape index (κ1) is 10.8. The quantitative estimate of drug-likeness (QED) is 0.523. The van der Waals surface area contributed by atoms with Crippen LogP contribution in [0, 0.1) is 5.92 Å². The number of hydrogen-bond donors (Lipinski definition) is 0. The van der Waals surface area contributed by atoms with Gasteiger partial charge in [0.25, 0.3) is 0 Å². The molecule has 1 aliphatic rings. The molecule has 1 saturated carbocycles. The standard InChI is InChI=1S/C9H15ClO3/c1-12-8-4-2-7(3-5-8)9(11)13-6-10/h7-8H,2-6H2,1H3. The molecule has 13 heavy (non-hydrogen) atoms. The van der Waals surface area contributed by atoms with E-state index in [9.17, 15) is 4.79 Å². The number of halogens is 1. The van der Waals surface area contributed by atoms with Gasteiger partial charge in [-0.15, -0.1) is 0 Å². The smallest absolute Gasteiger partial charge is 0.310 e. The minimum absolute atomic E-state index is 0.0325. The Morgan fingerprint density at radius 3 is 2.46 bits per heavy atom. The van der Waals surface area contributed by atoms with E-state index in [1.54, 1.807) is 7.11 Å². The number of carbonyl (C=O) groups is 1. The SMILES string of the molecule is COC1CCC(C(=O)OCCl)CC1. The van der Waals surface area contributed by atoms with Crippen molar-refractivity contribution in [2.24, 2.45) is 5.92 Å². The summed E-state index contributed by atoms with van der Waals surface area (Å²) >= 11 is 5.30. The summed E-state index contributed by atoms with van der Waals surface area (Å²) in [5.74, 6) is -0.130. The maximum absolute atomic E-state index is 11.2. The zero-order chi connectivity index (χ0) is 9.68. The Kier molecular flexibility index (Phi) is 4.53. The molecule has 0 unspecified atom stereocenters. The van der Waals surface area contributed by atoms with Gasteiger partial charge in [0.2, 0.25) is 0 Å². The highest BCUT2D eigenvalue weighted by molar-refractivity contribution is 6.17.